The molecule has 1 unspecified atom stereocenters. The molecular formula is C19H26FN5O. The molecule has 26 heavy (non-hydrogen) atoms. The van der Waals surface area contributed by atoms with Gasteiger partial charge < -0.3 is 15.0 Å². The lowest BCUT2D eigenvalue weighted by atomic mass is 10.1. The Bertz CT molecular complexity index is 750. The van der Waals surface area contributed by atoms with Gasteiger partial charge in [-0.05, 0) is 37.6 Å². The number of benzene rings is 1. The van der Waals surface area contributed by atoms with E-state index in [0.717, 1.165) is 49.1 Å². The number of rotatable bonds is 5. The standard InChI is InChI=1S/C19H26FN5O/c1-14-16(12-25(23-14)18-6-4-17(20)5-7-18)10-22-19(21-2)24(3)11-15-8-9-26-13-15/h4-7,12,15H,8-11,13H2,1-3H3,(H,21,22). The Hall–Kier alpha value is -2.41. The van der Waals surface area contributed by atoms with Crippen LogP contribution >= 0.6 is 0 Å². The average molecular weight is 359 g/mol. The molecule has 1 N–H and O–H groups in total. The van der Waals surface area contributed by atoms with Crippen LogP contribution in [0, 0.1) is 18.7 Å². The van der Waals surface area contributed by atoms with Crippen molar-refractivity contribution in [1.82, 2.24) is 20.0 Å². The van der Waals surface area contributed by atoms with Crippen LogP contribution in [0.2, 0.25) is 0 Å². The zero-order valence-corrected chi connectivity index (χ0v) is 15.6. The highest BCUT2D eigenvalue weighted by molar-refractivity contribution is 5.79. The third-order valence-corrected chi connectivity index (χ3v) is 4.66. The highest BCUT2D eigenvalue weighted by Crippen LogP contribution is 2.14. The van der Waals surface area contributed by atoms with Crippen molar-refractivity contribution in [3.05, 3.63) is 47.5 Å². The third-order valence-electron chi connectivity index (χ3n) is 4.66. The van der Waals surface area contributed by atoms with Gasteiger partial charge in [0.25, 0.3) is 0 Å². The van der Waals surface area contributed by atoms with Gasteiger partial charge in [-0.25, -0.2) is 9.07 Å². The van der Waals surface area contributed by atoms with Gasteiger partial charge in [0.15, 0.2) is 5.96 Å². The van der Waals surface area contributed by atoms with E-state index in [1.807, 2.05) is 20.2 Å². The van der Waals surface area contributed by atoms with Crippen molar-refractivity contribution in [1.29, 1.82) is 0 Å². The van der Waals surface area contributed by atoms with Gasteiger partial charge in [-0.3, -0.25) is 4.99 Å². The van der Waals surface area contributed by atoms with Crippen molar-refractivity contribution >= 4 is 5.96 Å². The number of guanidine groups is 1. The molecule has 2 aromatic rings. The van der Waals surface area contributed by atoms with Crippen LogP contribution in [0.15, 0.2) is 35.5 Å². The predicted octanol–water partition coefficient (Wildman–Crippen LogP) is 2.36. The number of aliphatic imine (C=N–C) groups is 1. The predicted molar refractivity (Wildman–Crippen MR) is 100 cm³/mol. The van der Waals surface area contributed by atoms with Gasteiger partial charge in [-0.15, -0.1) is 0 Å². The molecule has 0 amide bonds. The smallest absolute Gasteiger partial charge is 0.193 e. The van der Waals surface area contributed by atoms with Crippen molar-refractivity contribution in [3.8, 4) is 5.69 Å². The Morgan fingerprint density at radius 3 is 2.85 bits per heavy atom. The van der Waals surface area contributed by atoms with E-state index in [0.29, 0.717) is 12.5 Å². The minimum atomic E-state index is -0.251. The van der Waals surface area contributed by atoms with Crippen molar-refractivity contribution in [2.75, 3.05) is 33.9 Å². The molecule has 140 valence electrons. The van der Waals surface area contributed by atoms with Gasteiger partial charge >= 0.3 is 0 Å². The van der Waals surface area contributed by atoms with E-state index in [1.54, 1.807) is 23.9 Å². The summed E-state index contributed by atoms with van der Waals surface area (Å²) in [6.45, 7) is 5.20. The lowest BCUT2D eigenvalue weighted by Crippen LogP contribution is -2.41. The number of hydrogen-bond acceptors (Lipinski definition) is 3. The van der Waals surface area contributed by atoms with Crippen molar-refractivity contribution < 1.29 is 9.13 Å². The summed E-state index contributed by atoms with van der Waals surface area (Å²) in [6, 6.07) is 6.31. The van der Waals surface area contributed by atoms with Crippen LogP contribution in [0.4, 0.5) is 4.39 Å². The number of nitrogens with zero attached hydrogens (tertiary/aromatic N) is 4. The Morgan fingerprint density at radius 2 is 2.19 bits per heavy atom. The monoisotopic (exact) mass is 359 g/mol. The first-order valence-corrected chi connectivity index (χ1v) is 8.87. The molecule has 1 aromatic heterocycles. The number of aromatic nitrogens is 2. The summed E-state index contributed by atoms with van der Waals surface area (Å²) < 4.78 is 20.3. The first kappa shape index (κ1) is 18.4. The van der Waals surface area contributed by atoms with Crippen LogP contribution < -0.4 is 5.32 Å². The topological polar surface area (TPSA) is 54.7 Å². The molecule has 7 heteroatoms. The molecule has 1 saturated heterocycles. The molecule has 0 saturated carbocycles. The molecule has 1 aliphatic heterocycles. The number of hydrogen-bond donors (Lipinski definition) is 1. The van der Waals surface area contributed by atoms with Crippen LogP contribution in [-0.2, 0) is 11.3 Å². The fraction of sp³-hybridized carbons (Fsp3) is 0.474. The fourth-order valence-electron chi connectivity index (χ4n) is 3.16. The van der Waals surface area contributed by atoms with Crippen molar-refractivity contribution in [2.45, 2.75) is 19.9 Å². The van der Waals surface area contributed by atoms with Crippen LogP contribution in [0.1, 0.15) is 17.7 Å². The van der Waals surface area contributed by atoms with Gasteiger partial charge in [-0.1, -0.05) is 0 Å². The summed E-state index contributed by atoms with van der Waals surface area (Å²) in [5.74, 6) is 1.16. The Kier molecular flexibility index (Phi) is 5.88. The summed E-state index contributed by atoms with van der Waals surface area (Å²) in [4.78, 5) is 6.51. The highest BCUT2D eigenvalue weighted by Gasteiger charge is 2.19. The molecule has 1 aliphatic rings. The first-order valence-electron chi connectivity index (χ1n) is 8.87. The van der Waals surface area contributed by atoms with E-state index in [-0.39, 0.29) is 5.82 Å². The SMILES string of the molecule is CN=C(NCc1cn(-c2ccc(F)cc2)nc1C)N(C)CC1CCOC1. The van der Waals surface area contributed by atoms with Crippen LogP contribution in [0.25, 0.3) is 5.69 Å². The number of nitrogens with one attached hydrogen (secondary N) is 1. The van der Waals surface area contributed by atoms with Gasteiger partial charge in [-0.2, -0.15) is 5.10 Å². The molecule has 2 heterocycles. The molecule has 1 atom stereocenters. The third kappa shape index (κ3) is 4.40. The molecule has 0 bridgehead atoms. The first-order chi connectivity index (χ1) is 12.6. The second-order valence-electron chi connectivity index (χ2n) is 6.67. The van der Waals surface area contributed by atoms with E-state index in [1.165, 1.54) is 12.1 Å². The average Bonchev–Trinajstić information content (AvgIpc) is 3.26. The van der Waals surface area contributed by atoms with E-state index >= 15 is 0 Å². The van der Waals surface area contributed by atoms with E-state index in [9.17, 15) is 4.39 Å². The largest absolute Gasteiger partial charge is 0.381 e. The summed E-state index contributed by atoms with van der Waals surface area (Å²) in [6.07, 6.45) is 3.07. The molecule has 0 aliphatic carbocycles. The minimum absolute atomic E-state index is 0.251. The van der Waals surface area contributed by atoms with E-state index < -0.39 is 0 Å². The summed E-state index contributed by atoms with van der Waals surface area (Å²) in [5.41, 5.74) is 2.85. The molecule has 1 fully saturated rings. The normalized spacial score (nSPS) is 17.5. The summed E-state index contributed by atoms with van der Waals surface area (Å²) >= 11 is 0. The Morgan fingerprint density at radius 1 is 1.42 bits per heavy atom. The minimum Gasteiger partial charge on any atom is -0.381 e. The molecule has 0 spiro atoms. The number of halogens is 1. The van der Waals surface area contributed by atoms with Gasteiger partial charge in [0, 0.05) is 51.5 Å². The Labute approximate surface area is 153 Å². The molecule has 0 radical (unpaired) electrons. The summed E-state index contributed by atoms with van der Waals surface area (Å²) in [5, 5.41) is 7.92. The van der Waals surface area contributed by atoms with Crippen molar-refractivity contribution in [3.63, 3.8) is 0 Å². The van der Waals surface area contributed by atoms with Crippen LogP contribution in [0.5, 0.6) is 0 Å². The second kappa shape index (κ2) is 8.31. The maximum absolute atomic E-state index is 13.1. The van der Waals surface area contributed by atoms with Gasteiger partial charge in [0.1, 0.15) is 5.82 Å². The highest BCUT2D eigenvalue weighted by atomic mass is 19.1. The quantitative estimate of drug-likeness (QED) is 0.658. The zero-order chi connectivity index (χ0) is 18.5. The molecular weight excluding hydrogens is 333 g/mol. The second-order valence-corrected chi connectivity index (χ2v) is 6.67. The summed E-state index contributed by atoms with van der Waals surface area (Å²) in [7, 11) is 3.83. The molecule has 3 rings (SSSR count). The van der Waals surface area contributed by atoms with Crippen LogP contribution in [-0.4, -0.2) is 54.5 Å². The van der Waals surface area contributed by atoms with Crippen LogP contribution in [0.3, 0.4) is 0 Å². The number of ether oxygens (including phenoxy) is 1. The van der Waals surface area contributed by atoms with Crippen molar-refractivity contribution in [2.24, 2.45) is 10.9 Å². The van der Waals surface area contributed by atoms with Gasteiger partial charge in [0.2, 0.25) is 0 Å². The lowest BCUT2D eigenvalue weighted by Gasteiger charge is -2.24. The number of aryl methyl sites for hydroxylation is 1. The lowest BCUT2D eigenvalue weighted by molar-refractivity contribution is 0.181. The van der Waals surface area contributed by atoms with Gasteiger partial charge in [0.05, 0.1) is 18.0 Å². The van der Waals surface area contributed by atoms with E-state index in [2.05, 4.69) is 20.3 Å². The van der Waals surface area contributed by atoms with E-state index in [4.69, 9.17) is 4.74 Å². The zero-order valence-electron chi connectivity index (χ0n) is 15.6. The molecule has 6 nitrogen and oxygen atoms in total. The molecule has 1 aromatic carbocycles. The fourth-order valence-corrected chi connectivity index (χ4v) is 3.16. The maximum Gasteiger partial charge on any atom is 0.193 e. The Balaban J connectivity index is 1.62. The maximum atomic E-state index is 13.1.